The van der Waals surface area contributed by atoms with Crippen LogP contribution in [0.4, 0.5) is 0 Å². The zero-order valence-corrected chi connectivity index (χ0v) is 21.4. The Kier molecular flexibility index (Phi) is 11.9. The molecule has 0 aliphatic heterocycles. The van der Waals surface area contributed by atoms with E-state index in [9.17, 15) is 0 Å². The minimum absolute atomic E-state index is 0. The van der Waals surface area contributed by atoms with Crippen LogP contribution in [0.25, 0.3) is 0 Å². The highest BCUT2D eigenvalue weighted by Crippen LogP contribution is 2.61. The molecule has 3 aliphatic carbocycles. The molecule has 2 aromatic carbocycles. The SMILES string of the molecule is C.CC(CNCC(c1ccccc1)c1ccccc1)NCC1CCC2C[C@@H]1C2(C)C.S.S. The van der Waals surface area contributed by atoms with Crippen molar-refractivity contribution < 1.29 is 0 Å². The van der Waals surface area contributed by atoms with Gasteiger partial charge in [-0.25, -0.2) is 0 Å². The predicted octanol–water partition coefficient (Wildman–Crippen LogP) is 6.32. The summed E-state index contributed by atoms with van der Waals surface area (Å²) < 4.78 is 0. The number of nitrogens with one attached hydrogen (secondary N) is 2. The van der Waals surface area contributed by atoms with Crippen LogP contribution in [0, 0.1) is 23.2 Å². The standard InChI is InChI=1S/C27H38N2.CH4.2H2S/c1-20(29-18-23-14-15-24-16-26(23)27(24,2)3)17-28-19-25(21-10-6-4-7-11-21)22-12-8-5-9-13-22;;;/h4-13,20,23-26,28-29H,14-19H2,1-3H3;1H4;2*1H2/t20?,23?,24?,26-;;;/m0.../s1. The van der Waals surface area contributed by atoms with Crippen LogP contribution in [0.2, 0.25) is 0 Å². The van der Waals surface area contributed by atoms with Gasteiger partial charge >= 0.3 is 0 Å². The number of fused-ring (bicyclic) bond motifs is 2. The van der Waals surface area contributed by atoms with Gasteiger partial charge < -0.3 is 10.6 Å². The van der Waals surface area contributed by atoms with Crippen LogP contribution >= 0.6 is 27.0 Å². The van der Waals surface area contributed by atoms with E-state index in [1.54, 1.807) is 0 Å². The maximum absolute atomic E-state index is 3.84. The molecule has 2 bridgehead atoms. The number of hydrogen-bond acceptors (Lipinski definition) is 2. The summed E-state index contributed by atoms with van der Waals surface area (Å²) >= 11 is 0. The second-order valence-electron chi connectivity index (χ2n) is 10.0. The summed E-state index contributed by atoms with van der Waals surface area (Å²) in [7, 11) is 0. The summed E-state index contributed by atoms with van der Waals surface area (Å²) in [6, 6.07) is 22.3. The van der Waals surface area contributed by atoms with E-state index in [4.69, 9.17) is 0 Å². The third kappa shape index (κ3) is 6.56. The second kappa shape index (κ2) is 13.1. The minimum atomic E-state index is 0. The molecule has 2 aromatic rings. The van der Waals surface area contributed by atoms with Gasteiger partial charge in [-0.05, 0) is 67.0 Å². The van der Waals surface area contributed by atoms with E-state index in [0.717, 1.165) is 30.8 Å². The van der Waals surface area contributed by atoms with Crippen molar-refractivity contribution in [3.05, 3.63) is 71.8 Å². The first-order valence-corrected chi connectivity index (χ1v) is 11.6. The Morgan fingerprint density at radius 1 is 0.875 bits per heavy atom. The van der Waals surface area contributed by atoms with E-state index in [-0.39, 0.29) is 34.4 Å². The molecule has 180 valence electrons. The summed E-state index contributed by atoms with van der Waals surface area (Å²) in [6.45, 7) is 10.5. The molecule has 4 heteroatoms. The third-order valence-electron chi connectivity index (χ3n) is 7.93. The van der Waals surface area contributed by atoms with E-state index >= 15 is 0 Å². The molecular formula is C28H46N2S2. The molecular weight excluding hydrogens is 428 g/mol. The summed E-state index contributed by atoms with van der Waals surface area (Å²) in [4.78, 5) is 0. The molecule has 0 saturated heterocycles. The number of rotatable bonds is 9. The quantitative estimate of drug-likeness (QED) is 0.444. The molecule has 0 heterocycles. The van der Waals surface area contributed by atoms with E-state index in [1.807, 2.05) is 0 Å². The molecule has 5 rings (SSSR count). The van der Waals surface area contributed by atoms with Gasteiger partial charge in [0.15, 0.2) is 0 Å². The first-order chi connectivity index (χ1) is 14.1. The van der Waals surface area contributed by atoms with Crippen LogP contribution in [0.1, 0.15) is 64.5 Å². The van der Waals surface area contributed by atoms with Crippen molar-refractivity contribution >= 4 is 27.0 Å². The normalized spacial score (nSPS) is 23.7. The fourth-order valence-corrected chi connectivity index (χ4v) is 5.87. The van der Waals surface area contributed by atoms with Crippen LogP contribution in [-0.4, -0.2) is 25.7 Å². The Hall–Kier alpha value is -0.940. The lowest BCUT2D eigenvalue weighted by Gasteiger charge is -2.60. The Labute approximate surface area is 211 Å². The average molecular weight is 475 g/mol. The lowest BCUT2D eigenvalue weighted by Crippen LogP contribution is -2.55. The molecule has 3 fully saturated rings. The highest BCUT2D eigenvalue weighted by atomic mass is 32.1. The van der Waals surface area contributed by atoms with Crippen LogP contribution < -0.4 is 10.6 Å². The number of hydrogen-bond donors (Lipinski definition) is 2. The van der Waals surface area contributed by atoms with Gasteiger partial charge in [0.1, 0.15) is 0 Å². The second-order valence-corrected chi connectivity index (χ2v) is 10.0. The molecule has 4 atom stereocenters. The molecule has 3 saturated carbocycles. The first kappa shape index (κ1) is 29.1. The average Bonchev–Trinajstić information content (AvgIpc) is 2.76. The van der Waals surface area contributed by atoms with Crippen LogP contribution in [0.15, 0.2) is 60.7 Å². The third-order valence-corrected chi connectivity index (χ3v) is 7.93. The van der Waals surface area contributed by atoms with Crippen molar-refractivity contribution in [3.63, 3.8) is 0 Å². The smallest absolute Gasteiger partial charge is 0.0214 e. The highest BCUT2D eigenvalue weighted by Gasteiger charge is 2.53. The van der Waals surface area contributed by atoms with Crippen molar-refractivity contribution in [1.82, 2.24) is 10.6 Å². The van der Waals surface area contributed by atoms with Crippen molar-refractivity contribution in [2.24, 2.45) is 23.2 Å². The van der Waals surface area contributed by atoms with Gasteiger partial charge in [-0.3, -0.25) is 0 Å². The van der Waals surface area contributed by atoms with E-state index in [2.05, 4.69) is 92.1 Å². The van der Waals surface area contributed by atoms with E-state index < -0.39 is 0 Å². The van der Waals surface area contributed by atoms with E-state index in [0.29, 0.717) is 17.4 Å². The van der Waals surface area contributed by atoms with Gasteiger partial charge in [0.2, 0.25) is 0 Å². The summed E-state index contributed by atoms with van der Waals surface area (Å²) in [5.74, 6) is 3.21. The Morgan fingerprint density at radius 2 is 1.44 bits per heavy atom. The van der Waals surface area contributed by atoms with Crippen molar-refractivity contribution in [3.8, 4) is 0 Å². The first-order valence-electron chi connectivity index (χ1n) is 11.6. The fraction of sp³-hybridized carbons (Fsp3) is 0.571. The van der Waals surface area contributed by atoms with E-state index in [1.165, 1.54) is 36.9 Å². The molecule has 3 aliphatic rings. The largest absolute Gasteiger partial charge is 0.314 e. The van der Waals surface area contributed by atoms with Gasteiger partial charge in [0.05, 0.1) is 0 Å². The Balaban J connectivity index is 0.00000171. The lowest BCUT2D eigenvalue weighted by molar-refractivity contribution is -0.104. The maximum Gasteiger partial charge on any atom is 0.0214 e. The molecule has 0 amide bonds. The van der Waals surface area contributed by atoms with Gasteiger partial charge in [0.25, 0.3) is 0 Å². The summed E-state index contributed by atoms with van der Waals surface area (Å²) in [6.07, 6.45) is 4.34. The molecule has 2 nitrogen and oxygen atoms in total. The van der Waals surface area contributed by atoms with Crippen molar-refractivity contribution in [1.29, 1.82) is 0 Å². The van der Waals surface area contributed by atoms with Gasteiger partial charge in [0, 0.05) is 25.0 Å². The van der Waals surface area contributed by atoms with Crippen LogP contribution in [0.3, 0.4) is 0 Å². The highest BCUT2D eigenvalue weighted by molar-refractivity contribution is 7.59. The van der Waals surface area contributed by atoms with Crippen molar-refractivity contribution in [2.75, 3.05) is 19.6 Å². The van der Waals surface area contributed by atoms with Gasteiger partial charge in [-0.15, -0.1) is 0 Å². The fourth-order valence-electron chi connectivity index (χ4n) is 5.87. The summed E-state index contributed by atoms with van der Waals surface area (Å²) in [5, 5.41) is 7.58. The topological polar surface area (TPSA) is 24.1 Å². The van der Waals surface area contributed by atoms with Crippen molar-refractivity contribution in [2.45, 2.75) is 59.4 Å². The summed E-state index contributed by atoms with van der Waals surface area (Å²) in [5.41, 5.74) is 3.36. The minimum Gasteiger partial charge on any atom is -0.314 e. The van der Waals surface area contributed by atoms with Crippen LogP contribution in [0.5, 0.6) is 0 Å². The van der Waals surface area contributed by atoms with Gasteiger partial charge in [-0.2, -0.15) is 27.0 Å². The predicted molar refractivity (Wildman–Crippen MR) is 151 cm³/mol. The monoisotopic (exact) mass is 474 g/mol. The maximum atomic E-state index is 3.84. The van der Waals surface area contributed by atoms with Crippen LogP contribution in [-0.2, 0) is 0 Å². The molecule has 0 spiro atoms. The Morgan fingerprint density at radius 3 is 1.94 bits per heavy atom. The Bertz CT molecular complexity index is 724. The lowest BCUT2D eigenvalue weighted by atomic mass is 9.45. The number of benzene rings is 2. The molecule has 32 heavy (non-hydrogen) atoms. The molecule has 2 N–H and O–H groups in total. The molecule has 0 aromatic heterocycles. The zero-order valence-electron chi connectivity index (χ0n) is 19.4. The molecule has 3 unspecified atom stereocenters. The molecule has 0 radical (unpaired) electrons. The zero-order chi connectivity index (χ0) is 20.3. The van der Waals surface area contributed by atoms with Gasteiger partial charge in [-0.1, -0.05) is 81.9 Å².